The van der Waals surface area contributed by atoms with Gasteiger partial charge in [0.15, 0.2) is 6.61 Å². The maximum atomic E-state index is 13.5. The van der Waals surface area contributed by atoms with Crippen LogP contribution in [0.4, 0.5) is 5.69 Å². The average Bonchev–Trinajstić information content (AvgIpc) is 3.02. The smallest absolute Gasteiger partial charge is 0.264 e. The highest BCUT2D eigenvalue weighted by atomic mass is 32.2. The van der Waals surface area contributed by atoms with Gasteiger partial charge >= 0.3 is 0 Å². The van der Waals surface area contributed by atoms with Crippen molar-refractivity contribution in [2.24, 2.45) is 5.10 Å². The third-order valence-corrected chi connectivity index (χ3v) is 8.47. The molecule has 4 aromatic rings. The fraction of sp³-hybridized carbons (Fsp3) is 0.182. The van der Waals surface area contributed by atoms with Crippen LogP contribution in [0.2, 0.25) is 0 Å². The van der Waals surface area contributed by atoms with Crippen LogP contribution < -0.4 is 19.8 Å². The largest absolute Gasteiger partial charge is 0.484 e. The molecule has 0 heterocycles. The summed E-state index contributed by atoms with van der Waals surface area (Å²) in [5.41, 5.74) is 6.31. The Bertz CT molecular complexity index is 1660. The molecule has 0 atom stereocenters. The Balaban J connectivity index is 1.31. The average molecular weight is 599 g/mol. The summed E-state index contributed by atoms with van der Waals surface area (Å²) in [6.07, 6.45) is 2.18. The molecule has 0 fully saturated rings. The first-order valence-corrected chi connectivity index (χ1v) is 15.2. The van der Waals surface area contributed by atoms with Gasteiger partial charge in [0.05, 0.1) is 16.8 Å². The molecule has 10 heteroatoms. The van der Waals surface area contributed by atoms with Gasteiger partial charge in [-0.05, 0) is 85.0 Å². The number of nitrogens with one attached hydrogen (secondary N) is 2. The zero-order chi connectivity index (χ0) is 30.7. The fourth-order valence-electron chi connectivity index (χ4n) is 4.21. The molecule has 0 spiro atoms. The van der Waals surface area contributed by atoms with Crippen molar-refractivity contribution >= 4 is 33.7 Å². The maximum absolute atomic E-state index is 13.5. The molecule has 0 aliphatic carbocycles. The van der Waals surface area contributed by atoms with Crippen LogP contribution in [0.5, 0.6) is 5.75 Å². The molecule has 0 aliphatic heterocycles. The van der Waals surface area contributed by atoms with Gasteiger partial charge in [0.2, 0.25) is 0 Å². The second kappa shape index (κ2) is 14.8. The lowest BCUT2D eigenvalue weighted by molar-refractivity contribution is -0.123. The van der Waals surface area contributed by atoms with Crippen LogP contribution >= 0.6 is 0 Å². The minimum absolute atomic E-state index is 0.0826. The standard InChI is InChI=1S/C33H34N4O5S/c1-25-10-9-15-31(26(25)2)37(43(40,41)30-13-7-4-8-14-30)23-32(38)36-35-22-28-16-18-29(19-17-28)42-24-33(39)34-21-20-27-11-5-3-6-12-27/h3-19,22H,20-21,23-24H2,1-2H3,(H,34,39)(H,36,38)/b35-22-. The lowest BCUT2D eigenvalue weighted by atomic mass is 10.1. The topological polar surface area (TPSA) is 117 Å². The van der Waals surface area contributed by atoms with Crippen LogP contribution in [0.3, 0.4) is 0 Å². The molecule has 0 saturated heterocycles. The zero-order valence-corrected chi connectivity index (χ0v) is 24.9. The Kier molecular flexibility index (Phi) is 10.7. The van der Waals surface area contributed by atoms with E-state index in [0.29, 0.717) is 23.5 Å². The van der Waals surface area contributed by atoms with E-state index in [2.05, 4.69) is 15.8 Å². The molecule has 0 aliphatic rings. The molecule has 2 amide bonds. The van der Waals surface area contributed by atoms with Crippen LogP contribution in [0.15, 0.2) is 113 Å². The lowest BCUT2D eigenvalue weighted by Gasteiger charge is -2.26. The highest BCUT2D eigenvalue weighted by Gasteiger charge is 2.28. The Labute approximate surface area is 252 Å². The number of hydrazone groups is 1. The molecule has 0 unspecified atom stereocenters. The van der Waals surface area contributed by atoms with Crippen LogP contribution in [0.1, 0.15) is 22.3 Å². The highest BCUT2D eigenvalue weighted by molar-refractivity contribution is 7.92. The maximum Gasteiger partial charge on any atom is 0.264 e. The molecule has 2 N–H and O–H groups in total. The fourth-order valence-corrected chi connectivity index (χ4v) is 5.71. The summed E-state index contributed by atoms with van der Waals surface area (Å²) in [5, 5.41) is 6.83. The molecule has 0 bridgehead atoms. The number of carbonyl (C=O) groups excluding carboxylic acids is 2. The Morgan fingerprint density at radius 1 is 0.837 bits per heavy atom. The molecule has 4 aromatic carbocycles. The second-order valence-corrected chi connectivity index (χ2v) is 11.6. The van der Waals surface area contributed by atoms with Crippen molar-refractivity contribution in [2.75, 3.05) is 24.0 Å². The second-order valence-electron chi connectivity index (χ2n) is 9.78. The number of ether oxygens (including phenoxy) is 1. The van der Waals surface area contributed by atoms with Crippen LogP contribution in [0.25, 0.3) is 0 Å². The number of hydrogen-bond donors (Lipinski definition) is 2. The van der Waals surface area contributed by atoms with Crippen molar-refractivity contribution < 1.29 is 22.7 Å². The molecule has 0 saturated carbocycles. The van der Waals surface area contributed by atoms with Gasteiger partial charge in [-0.1, -0.05) is 60.7 Å². The Hall–Kier alpha value is -4.96. The number of benzene rings is 4. The Morgan fingerprint density at radius 3 is 2.21 bits per heavy atom. The van der Waals surface area contributed by atoms with E-state index >= 15 is 0 Å². The normalized spacial score (nSPS) is 11.2. The van der Waals surface area contributed by atoms with E-state index in [-0.39, 0.29) is 17.4 Å². The van der Waals surface area contributed by atoms with Crippen molar-refractivity contribution in [3.8, 4) is 5.75 Å². The van der Waals surface area contributed by atoms with E-state index in [1.54, 1.807) is 54.6 Å². The minimum Gasteiger partial charge on any atom is -0.484 e. The minimum atomic E-state index is -4.02. The summed E-state index contributed by atoms with van der Waals surface area (Å²) in [5.74, 6) is -0.307. The van der Waals surface area contributed by atoms with Crippen LogP contribution in [-0.2, 0) is 26.0 Å². The van der Waals surface area contributed by atoms with Crippen LogP contribution in [-0.4, -0.2) is 46.1 Å². The zero-order valence-electron chi connectivity index (χ0n) is 24.1. The Morgan fingerprint density at radius 2 is 1.51 bits per heavy atom. The quantitative estimate of drug-likeness (QED) is 0.175. The molecule has 222 valence electrons. The summed E-state index contributed by atoms with van der Waals surface area (Å²) in [6, 6.07) is 30.0. The monoisotopic (exact) mass is 598 g/mol. The number of hydrogen-bond acceptors (Lipinski definition) is 6. The van der Waals surface area contributed by atoms with E-state index in [4.69, 9.17) is 4.74 Å². The number of nitrogens with zero attached hydrogens (tertiary/aromatic N) is 2. The molecule has 0 aromatic heterocycles. The van der Waals surface area contributed by atoms with Gasteiger partial charge in [-0.25, -0.2) is 13.8 Å². The molecular weight excluding hydrogens is 564 g/mol. The van der Waals surface area contributed by atoms with Crippen molar-refractivity contribution in [3.63, 3.8) is 0 Å². The van der Waals surface area contributed by atoms with Gasteiger partial charge in [-0.2, -0.15) is 5.10 Å². The van der Waals surface area contributed by atoms with Crippen molar-refractivity contribution in [1.82, 2.24) is 10.7 Å². The predicted molar refractivity (Wildman–Crippen MR) is 168 cm³/mol. The van der Waals surface area contributed by atoms with E-state index in [1.807, 2.05) is 50.2 Å². The van der Waals surface area contributed by atoms with Crippen molar-refractivity contribution in [3.05, 3.63) is 125 Å². The van der Waals surface area contributed by atoms with E-state index in [1.165, 1.54) is 18.3 Å². The highest BCUT2D eigenvalue weighted by Crippen LogP contribution is 2.28. The molecular formula is C33H34N4O5S. The molecule has 43 heavy (non-hydrogen) atoms. The van der Waals surface area contributed by atoms with E-state index in [9.17, 15) is 18.0 Å². The number of anilines is 1. The number of rotatable bonds is 13. The lowest BCUT2D eigenvalue weighted by Crippen LogP contribution is -2.40. The SMILES string of the molecule is Cc1cccc(N(CC(=O)N/N=C\c2ccc(OCC(=O)NCCc3ccccc3)cc2)S(=O)(=O)c2ccccc2)c1C. The van der Waals surface area contributed by atoms with Crippen LogP contribution in [0, 0.1) is 13.8 Å². The first-order valence-electron chi connectivity index (χ1n) is 13.7. The predicted octanol–water partition coefficient (Wildman–Crippen LogP) is 4.39. The summed E-state index contributed by atoms with van der Waals surface area (Å²) in [7, 11) is -4.02. The number of carbonyl (C=O) groups is 2. The van der Waals surface area contributed by atoms with Crippen molar-refractivity contribution in [2.45, 2.75) is 25.2 Å². The van der Waals surface area contributed by atoms with Gasteiger partial charge in [0, 0.05) is 6.54 Å². The summed E-state index contributed by atoms with van der Waals surface area (Å²) in [4.78, 5) is 25.0. The molecule has 9 nitrogen and oxygen atoms in total. The summed E-state index contributed by atoms with van der Waals surface area (Å²) >= 11 is 0. The molecule has 0 radical (unpaired) electrons. The molecule has 4 rings (SSSR count). The number of amides is 2. The first-order chi connectivity index (χ1) is 20.7. The van der Waals surface area contributed by atoms with Gasteiger partial charge in [0.25, 0.3) is 21.8 Å². The first kappa shape index (κ1) is 31.0. The number of sulfonamides is 1. The van der Waals surface area contributed by atoms with E-state index < -0.39 is 22.5 Å². The van der Waals surface area contributed by atoms with Crippen molar-refractivity contribution in [1.29, 1.82) is 0 Å². The van der Waals surface area contributed by atoms with Gasteiger partial charge < -0.3 is 10.1 Å². The third-order valence-electron chi connectivity index (χ3n) is 6.69. The van der Waals surface area contributed by atoms with Gasteiger partial charge in [-0.3, -0.25) is 13.9 Å². The summed E-state index contributed by atoms with van der Waals surface area (Å²) in [6.45, 7) is 3.66. The van der Waals surface area contributed by atoms with Gasteiger partial charge in [-0.15, -0.1) is 0 Å². The summed E-state index contributed by atoms with van der Waals surface area (Å²) < 4.78 is 33.7. The number of aryl methyl sites for hydroxylation is 1. The van der Waals surface area contributed by atoms with Gasteiger partial charge in [0.1, 0.15) is 12.3 Å². The van der Waals surface area contributed by atoms with E-state index in [0.717, 1.165) is 27.4 Å². The third kappa shape index (κ3) is 8.76.